The maximum Gasteiger partial charge on any atom is 0.218 e. The van der Waals surface area contributed by atoms with Crippen molar-refractivity contribution >= 4 is 28.6 Å². The highest BCUT2D eigenvalue weighted by Crippen LogP contribution is 2.26. The maximum atomic E-state index is 6.02. The van der Waals surface area contributed by atoms with Gasteiger partial charge in [-0.05, 0) is 24.6 Å². The molecule has 0 spiro atoms. The van der Waals surface area contributed by atoms with Gasteiger partial charge in [0, 0.05) is 12.1 Å². The van der Waals surface area contributed by atoms with E-state index in [1.807, 2.05) is 30.7 Å². The fourth-order valence-electron chi connectivity index (χ4n) is 1.60. The van der Waals surface area contributed by atoms with Crippen LogP contribution in [0, 0.1) is 6.92 Å². The average molecular weight is 211 g/mol. The summed E-state index contributed by atoms with van der Waals surface area (Å²) >= 11 is 6.02. The Morgan fingerprint density at radius 1 is 1.50 bits per heavy atom. The summed E-state index contributed by atoms with van der Waals surface area (Å²) in [5.74, 6) is 5.97. The minimum atomic E-state index is 0.630. The molecular weight excluding hydrogens is 200 g/mol. The predicted molar refractivity (Wildman–Crippen MR) is 58.3 cm³/mol. The van der Waals surface area contributed by atoms with Crippen LogP contribution in [0.3, 0.4) is 0 Å². The van der Waals surface area contributed by atoms with Gasteiger partial charge in [-0.3, -0.25) is 5.43 Å². The lowest BCUT2D eigenvalue weighted by Crippen LogP contribution is -2.11. The average Bonchev–Trinajstić information content (AvgIpc) is 2.50. The van der Waals surface area contributed by atoms with Crippen LogP contribution < -0.4 is 11.3 Å². The van der Waals surface area contributed by atoms with Gasteiger partial charge in [0.05, 0.1) is 11.0 Å². The first-order valence-electron chi connectivity index (χ1n) is 4.23. The van der Waals surface area contributed by atoms with Crippen molar-refractivity contribution in [2.24, 2.45) is 12.9 Å². The minimum Gasteiger partial charge on any atom is -0.312 e. The summed E-state index contributed by atoms with van der Waals surface area (Å²) in [6, 6.07) is 3.72. The van der Waals surface area contributed by atoms with Gasteiger partial charge in [0.25, 0.3) is 0 Å². The standard InChI is InChI=1S/C9H11ClN4/c1-5-6(10)3-4-7-8(5)14(2)9(12-7)13-11/h3-4H,11H2,1-2H3,(H,12,13). The first-order valence-corrected chi connectivity index (χ1v) is 4.61. The van der Waals surface area contributed by atoms with Crippen LogP contribution in [0.2, 0.25) is 5.02 Å². The van der Waals surface area contributed by atoms with Gasteiger partial charge in [-0.25, -0.2) is 10.8 Å². The van der Waals surface area contributed by atoms with Crippen LogP contribution >= 0.6 is 11.6 Å². The van der Waals surface area contributed by atoms with Gasteiger partial charge in [0.2, 0.25) is 5.95 Å². The van der Waals surface area contributed by atoms with E-state index < -0.39 is 0 Å². The Hall–Kier alpha value is -1.26. The SMILES string of the molecule is Cc1c(Cl)ccc2nc(NN)n(C)c12. The second-order valence-corrected chi connectivity index (χ2v) is 3.59. The Balaban J connectivity index is 2.87. The normalized spacial score (nSPS) is 10.9. The second-order valence-electron chi connectivity index (χ2n) is 3.18. The summed E-state index contributed by atoms with van der Waals surface area (Å²) < 4.78 is 1.89. The van der Waals surface area contributed by atoms with E-state index in [9.17, 15) is 0 Å². The largest absolute Gasteiger partial charge is 0.312 e. The molecule has 0 fully saturated rings. The minimum absolute atomic E-state index is 0.630. The molecule has 0 amide bonds. The topological polar surface area (TPSA) is 55.9 Å². The van der Waals surface area contributed by atoms with Crippen LogP contribution in [0.1, 0.15) is 5.56 Å². The third kappa shape index (κ3) is 1.15. The Morgan fingerprint density at radius 3 is 2.86 bits per heavy atom. The molecule has 3 N–H and O–H groups in total. The number of halogens is 1. The number of nitrogen functional groups attached to an aromatic ring is 1. The highest BCUT2D eigenvalue weighted by atomic mass is 35.5. The molecule has 0 unspecified atom stereocenters. The number of nitrogens with one attached hydrogen (secondary N) is 1. The molecule has 5 heteroatoms. The molecule has 4 nitrogen and oxygen atoms in total. The van der Waals surface area contributed by atoms with Gasteiger partial charge in [0.15, 0.2) is 0 Å². The van der Waals surface area contributed by atoms with Gasteiger partial charge in [-0.2, -0.15) is 0 Å². The van der Waals surface area contributed by atoms with Gasteiger partial charge < -0.3 is 4.57 Å². The van der Waals surface area contributed by atoms with E-state index in [0.717, 1.165) is 21.6 Å². The van der Waals surface area contributed by atoms with Crippen molar-refractivity contribution in [3.63, 3.8) is 0 Å². The number of imidazole rings is 1. The fraction of sp³-hybridized carbons (Fsp3) is 0.222. The summed E-state index contributed by atoms with van der Waals surface area (Å²) in [7, 11) is 1.90. The molecule has 0 atom stereocenters. The van der Waals surface area contributed by atoms with E-state index in [2.05, 4.69) is 10.4 Å². The smallest absolute Gasteiger partial charge is 0.218 e. The summed E-state index contributed by atoms with van der Waals surface area (Å²) in [5, 5.41) is 0.740. The summed E-state index contributed by atoms with van der Waals surface area (Å²) in [4.78, 5) is 4.30. The Bertz CT molecular complexity index is 489. The van der Waals surface area contributed by atoms with E-state index in [0.29, 0.717) is 5.95 Å². The molecule has 0 aliphatic heterocycles. The van der Waals surface area contributed by atoms with E-state index in [-0.39, 0.29) is 0 Å². The zero-order chi connectivity index (χ0) is 10.3. The van der Waals surface area contributed by atoms with Gasteiger partial charge in [0.1, 0.15) is 0 Å². The van der Waals surface area contributed by atoms with Crippen molar-refractivity contribution in [2.75, 3.05) is 5.43 Å². The molecule has 0 radical (unpaired) electrons. The van der Waals surface area contributed by atoms with Crippen LogP contribution in [0.15, 0.2) is 12.1 Å². The first kappa shape index (κ1) is 9.30. The summed E-state index contributed by atoms with van der Waals surface area (Å²) in [6.07, 6.45) is 0. The number of fused-ring (bicyclic) bond motifs is 1. The van der Waals surface area contributed by atoms with Crippen LogP contribution in [0.4, 0.5) is 5.95 Å². The van der Waals surface area contributed by atoms with Gasteiger partial charge in [-0.1, -0.05) is 11.6 Å². The first-order chi connectivity index (χ1) is 6.65. The molecule has 0 saturated heterocycles. The van der Waals surface area contributed by atoms with E-state index in [1.54, 1.807) is 0 Å². The highest BCUT2D eigenvalue weighted by molar-refractivity contribution is 6.32. The zero-order valence-electron chi connectivity index (χ0n) is 8.00. The molecule has 2 rings (SSSR count). The third-order valence-corrected chi connectivity index (χ3v) is 2.76. The number of aryl methyl sites for hydroxylation is 2. The number of nitrogens with zero attached hydrogens (tertiary/aromatic N) is 2. The third-order valence-electron chi connectivity index (χ3n) is 2.35. The maximum absolute atomic E-state index is 6.02. The van der Waals surface area contributed by atoms with Gasteiger partial charge in [-0.15, -0.1) is 0 Å². The molecule has 0 aliphatic carbocycles. The molecule has 1 aromatic carbocycles. The molecule has 1 aromatic heterocycles. The monoisotopic (exact) mass is 210 g/mol. The number of benzene rings is 1. The van der Waals surface area contributed by atoms with Crippen LogP contribution in [0.5, 0.6) is 0 Å². The molecular formula is C9H11ClN4. The van der Waals surface area contributed by atoms with Crippen molar-refractivity contribution in [2.45, 2.75) is 6.92 Å². The second kappa shape index (κ2) is 3.15. The van der Waals surface area contributed by atoms with E-state index in [4.69, 9.17) is 17.4 Å². The Morgan fingerprint density at radius 2 is 2.21 bits per heavy atom. The van der Waals surface area contributed by atoms with Crippen molar-refractivity contribution in [1.29, 1.82) is 0 Å². The predicted octanol–water partition coefficient (Wildman–Crippen LogP) is 1.82. The van der Waals surface area contributed by atoms with Gasteiger partial charge >= 0.3 is 0 Å². The highest BCUT2D eigenvalue weighted by Gasteiger charge is 2.10. The molecule has 1 heterocycles. The number of hydrazine groups is 1. The summed E-state index contributed by atoms with van der Waals surface area (Å²) in [6.45, 7) is 1.96. The molecule has 0 saturated carbocycles. The van der Waals surface area contributed by atoms with Crippen LogP contribution in [-0.2, 0) is 7.05 Å². The van der Waals surface area contributed by atoms with Crippen molar-refractivity contribution < 1.29 is 0 Å². The molecule has 2 aromatic rings. The molecule has 74 valence electrons. The van der Waals surface area contributed by atoms with E-state index in [1.165, 1.54) is 0 Å². The number of nitrogens with two attached hydrogens (primary N) is 1. The zero-order valence-corrected chi connectivity index (χ0v) is 8.76. The lowest BCUT2D eigenvalue weighted by atomic mass is 10.2. The Labute approximate surface area is 86.6 Å². The lowest BCUT2D eigenvalue weighted by molar-refractivity contribution is 0.939. The van der Waals surface area contributed by atoms with E-state index >= 15 is 0 Å². The molecule has 0 aliphatic rings. The quantitative estimate of drug-likeness (QED) is 0.558. The van der Waals surface area contributed by atoms with Crippen LogP contribution in [-0.4, -0.2) is 9.55 Å². The fourth-order valence-corrected chi connectivity index (χ4v) is 1.75. The van der Waals surface area contributed by atoms with Crippen molar-refractivity contribution in [3.05, 3.63) is 22.7 Å². The van der Waals surface area contributed by atoms with Crippen LogP contribution in [0.25, 0.3) is 11.0 Å². The number of hydrogen-bond acceptors (Lipinski definition) is 3. The number of aromatic nitrogens is 2. The number of anilines is 1. The lowest BCUT2D eigenvalue weighted by Gasteiger charge is -2.03. The molecule has 0 bridgehead atoms. The van der Waals surface area contributed by atoms with Crippen molar-refractivity contribution in [1.82, 2.24) is 9.55 Å². The summed E-state index contributed by atoms with van der Waals surface area (Å²) in [5.41, 5.74) is 5.45. The number of rotatable bonds is 1. The molecule has 14 heavy (non-hydrogen) atoms. The Kier molecular flexibility index (Phi) is 2.09. The van der Waals surface area contributed by atoms with Crippen molar-refractivity contribution in [3.8, 4) is 0 Å². The number of hydrogen-bond donors (Lipinski definition) is 2.